The van der Waals surface area contributed by atoms with Gasteiger partial charge >= 0.3 is 0 Å². The Morgan fingerprint density at radius 3 is 2.65 bits per heavy atom. The second-order valence-electron chi connectivity index (χ2n) is 5.37. The Kier molecular flexibility index (Phi) is 4.43. The molecular weight excluding hydrogens is 390 g/mol. The monoisotopic (exact) mass is 404 g/mol. The maximum Gasteiger partial charge on any atom is 0.258 e. The average molecular weight is 404 g/mol. The minimum absolute atomic E-state index is 0.0518. The van der Waals surface area contributed by atoms with Gasteiger partial charge in [0.15, 0.2) is 5.13 Å². The summed E-state index contributed by atoms with van der Waals surface area (Å²) in [7, 11) is 0. The molecule has 1 heterocycles. The van der Waals surface area contributed by atoms with E-state index in [-0.39, 0.29) is 17.1 Å². The van der Waals surface area contributed by atoms with Crippen LogP contribution in [0.15, 0.2) is 23.6 Å². The number of hydrogen-bond donors (Lipinski definition) is 1. The van der Waals surface area contributed by atoms with Crippen LogP contribution in [0.2, 0.25) is 0 Å². The Morgan fingerprint density at radius 2 is 2.10 bits per heavy atom. The fourth-order valence-corrected chi connectivity index (χ4v) is 3.17. The van der Waals surface area contributed by atoms with Gasteiger partial charge in [0.05, 0.1) is 11.3 Å². The van der Waals surface area contributed by atoms with Crippen molar-refractivity contribution in [2.24, 2.45) is 0 Å². The summed E-state index contributed by atoms with van der Waals surface area (Å²) in [4.78, 5) is 16.5. The summed E-state index contributed by atoms with van der Waals surface area (Å²) in [6.07, 6.45) is 0. The summed E-state index contributed by atoms with van der Waals surface area (Å²) in [5.74, 6) is -0.626. The van der Waals surface area contributed by atoms with Crippen molar-refractivity contribution in [1.29, 1.82) is 0 Å². The fourth-order valence-electron chi connectivity index (χ4n) is 1.51. The van der Waals surface area contributed by atoms with E-state index in [0.717, 1.165) is 5.69 Å². The predicted molar refractivity (Wildman–Crippen MR) is 87.9 cm³/mol. The van der Waals surface area contributed by atoms with Crippen LogP contribution in [0.4, 0.5) is 9.52 Å². The zero-order valence-electron chi connectivity index (χ0n) is 11.3. The summed E-state index contributed by atoms with van der Waals surface area (Å²) in [5.41, 5.74) is 1.33. The maximum absolute atomic E-state index is 13.0. The fraction of sp³-hybridized carbons (Fsp3) is 0.286. The number of nitrogens with one attached hydrogen (secondary N) is 1. The number of carbonyl (C=O) groups excluding carboxylic acids is 1. The molecule has 0 saturated carbocycles. The van der Waals surface area contributed by atoms with Gasteiger partial charge in [-0.2, -0.15) is 0 Å². The molecule has 106 valence electrons. The lowest BCUT2D eigenvalue weighted by molar-refractivity contribution is 0.102. The topological polar surface area (TPSA) is 42.0 Å². The first-order chi connectivity index (χ1) is 9.27. The first-order valence-electron chi connectivity index (χ1n) is 6.00. The Hall–Kier alpha value is -1.02. The molecule has 2 rings (SSSR count). The first kappa shape index (κ1) is 15.4. The molecule has 0 spiro atoms. The smallest absolute Gasteiger partial charge is 0.258 e. The zero-order chi connectivity index (χ0) is 14.9. The van der Waals surface area contributed by atoms with Gasteiger partial charge in [-0.3, -0.25) is 10.1 Å². The number of amides is 1. The number of halogens is 2. The van der Waals surface area contributed by atoms with E-state index in [1.54, 1.807) is 0 Å². The molecule has 6 heteroatoms. The summed E-state index contributed by atoms with van der Waals surface area (Å²) in [5, 5.41) is 5.24. The highest BCUT2D eigenvalue weighted by Gasteiger charge is 2.19. The largest absolute Gasteiger partial charge is 0.298 e. The highest BCUT2D eigenvalue weighted by molar-refractivity contribution is 14.1. The standard InChI is InChI=1S/C14H14FIN2OS/c1-14(2,3)11-7-20-13(17-11)18-12(19)9-5-4-8(15)6-10(9)16/h4-7H,1-3H3,(H,17,18,19). The van der Waals surface area contributed by atoms with Crippen LogP contribution in [0.3, 0.4) is 0 Å². The Balaban J connectivity index is 2.17. The van der Waals surface area contributed by atoms with Crippen LogP contribution in [0.1, 0.15) is 36.8 Å². The van der Waals surface area contributed by atoms with Gasteiger partial charge < -0.3 is 0 Å². The molecule has 1 aromatic carbocycles. The zero-order valence-corrected chi connectivity index (χ0v) is 14.3. The molecule has 0 aliphatic carbocycles. The highest BCUT2D eigenvalue weighted by atomic mass is 127. The van der Waals surface area contributed by atoms with Crippen LogP contribution < -0.4 is 5.32 Å². The summed E-state index contributed by atoms with van der Waals surface area (Å²) in [6.45, 7) is 6.20. The second-order valence-corrected chi connectivity index (χ2v) is 7.39. The summed E-state index contributed by atoms with van der Waals surface area (Å²) in [6, 6.07) is 4.09. The lowest BCUT2D eigenvalue weighted by Crippen LogP contribution is -2.15. The summed E-state index contributed by atoms with van der Waals surface area (Å²) < 4.78 is 13.6. The van der Waals surface area contributed by atoms with Crippen LogP contribution >= 0.6 is 33.9 Å². The third kappa shape index (κ3) is 3.54. The van der Waals surface area contributed by atoms with E-state index in [0.29, 0.717) is 14.3 Å². The normalized spacial score (nSPS) is 11.4. The van der Waals surface area contributed by atoms with Crippen molar-refractivity contribution in [3.8, 4) is 0 Å². The number of hydrogen-bond acceptors (Lipinski definition) is 3. The van der Waals surface area contributed by atoms with E-state index < -0.39 is 0 Å². The van der Waals surface area contributed by atoms with E-state index in [9.17, 15) is 9.18 Å². The van der Waals surface area contributed by atoms with Crippen LogP contribution in [0.25, 0.3) is 0 Å². The third-order valence-corrected chi connectivity index (χ3v) is 4.32. The van der Waals surface area contributed by atoms with E-state index in [1.807, 2.05) is 28.0 Å². The minimum Gasteiger partial charge on any atom is -0.298 e. The van der Waals surface area contributed by atoms with Gasteiger partial charge in [-0.25, -0.2) is 9.37 Å². The molecule has 1 aromatic heterocycles. The highest BCUT2D eigenvalue weighted by Crippen LogP contribution is 2.27. The number of carbonyl (C=O) groups is 1. The van der Waals surface area contributed by atoms with Crippen LogP contribution in [0, 0.1) is 9.39 Å². The molecule has 0 fully saturated rings. The molecule has 0 radical (unpaired) electrons. The molecule has 1 amide bonds. The van der Waals surface area contributed by atoms with Crippen molar-refractivity contribution >= 4 is 45.0 Å². The Bertz CT molecular complexity index is 649. The van der Waals surface area contributed by atoms with E-state index in [4.69, 9.17) is 0 Å². The van der Waals surface area contributed by atoms with Crippen LogP contribution in [0.5, 0.6) is 0 Å². The number of rotatable bonds is 2. The van der Waals surface area contributed by atoms with Gasteiger partial charge in [0.25, 0.3) is 5.91 Å². The van der Waals surface area contributed by atoms with Gasteiger partial charge in [-0.05, 0) is 40.8 Å². The molecule has 0 saturated heterocycles. The van der Waals surface area contributed by atoms with Crippen LogP contribution in [-0.4, -0.2) is 10.9 Å². The average Bonchev–Trinajstić information content (AvgIpc) is 2.76. The van der Waals surface area contributed by atoms with E-state index in [1.165, 1.54) is 29.5 Å². The molecule has 3 nitrogen and oxygen atoms in total. The van der Waals surface area contributed by atoms with Gasteiger partial charge in [0, 0.05) is 14.4 Å². The van der Waals surface area contributed by atoms with Crippen molar-refractivity contribution < 1.29 is 9.18 Å². The third-order valence-electron chi connectivity index (χ3n) is 2.67. The lowest BCUT2D eigenvalue weighted by atomic mass is 9.93. The van der Waals surface area contributed by atoms with Crippen molar-refractivity contribution in [3.05, 3.63) is 44.2 Å². The molecule has 0 unspecified atom stereocenters. The molecule has 0 bridgehead atoms. The molecule has 0 atom stereocenters. The molecule has 0 aliphatic heterocycles. The number of thiazole rings is 1. The van der Waals surface area contributed by atoms with Gasteiger partial charge in [-0.15, -0.1) is 11.3 Å². The van der Waals surface area contributed by atoms with Gasteiger partial charge in [0.2, 0.25) is 0 Å². The quantitative estimate of drug-likeness (QED) is 0.753. The SMILES string of the molecule is CC(C)(C)c1csc(NC(=O)c2ccc(F)cc2I)n1. The number of anilines is 1. The molecular formula is C14H14FIN2OS. The van der Waals surface area contributed by atoms with E-state index >= 15 is 0 Å². The molecule has 20 heavy (non-hydrogen) atoms. The Morgan fingerprint density at radius 1 is 1.40 bits per heavy atom. The molecule has 2 aromatic rings. The van der Waals surface area contributed by atoms with Gasteiger partial charge in [-0.1, -0.05) is 20.8 Å². The van der Waals surface area contributed by atoms with Crippen molar-refractivity contribution in [2.45, 2.75) is 26.2 Å². The lowest BCUT2D eigenvalue weighted by Gasteiger charge is -2.14. The minimum atomic E-state index is -0.352. The van der Waals surface area contributed by atoms with Crippen LogP contribution in [-0.2, 0) is 5.41 Å². The molecule has 1 N–H and O–H groups in total. The predicted octanol–water partition coefficient (Wildman–Crippen LogP) is 4.44. The van der Waals surface area contributed by atoms with Crippen molar-refractivity contribution in [2.75, 3.05) is 5.32 Å². The first-order valence-corrected chi connectivity index (χ1v) is 7.95. The number of aromatic nitrogens is 1. The van der Waals surface area contributed by atoms with Crippen molar-refractivity contribution in [3.63, 3.8) is 0 Å². The Labute approximate surface area is 134 Å². The number of nitrogens with zero attached hydrogens (tertiary/aromatic N) is 1. The molecule has 0 aliphatic rings. The maximum atomic E-state index is 13.0. The van der Waals surface area contributed by atoms with Crippen molar-refractivity contribution in [1.82, 2.24) is 4.98 Å². The summed E-state index contributed by atoms with van der Waals surface area (Å²) >= 11 is 3.33. The van der Waals surface area contributed by atoms with Gasteiger partial charge in [0.1, 0.15) is 5.82 Å². The second kappa shape index (κ2) is 5.77. The van der Waals surface area contributed by atoms with E-state index in [2.05, 4.69) is 31.1 Å². The number of benzene rings is 1.